The van der Waals surface area contributed by atoms with Crippen molar-refractivity contribution in [2.24, 2.45) is 0 Å². The van der Waals surface area contributed by atoms with Gasteiger partial charge < -0.3 is 17.0 Å². The Morgan fingerprint density at radius 2 is 0.870 bits per heavy atom. The quantitative estimate of drug-likeness (QED) is 0.0636. The first-order valence-corrected chi connectivity index (χ1v) is 17.6. The molecule has 236 valence electrons. The van der Waals surface area contributed by atoms with Crippen LogP contribution in [0.2, 0.25) is 0 Å². The SMILES string of the molecule is BrCCCCCc1ccc(-c2ccccc2)cc1.[Br-].c1ccc(-c2ccc(CCCCC[n+]3ccc4ccccc4c3)cc2)cc1. The van der Waals surface area contributed by atoms with Gasteiger partial charge in [-0.1, -0.05) is 150 Å². The summed E-state index contributed by atoms with van der Waals surface area (Å²) < 4.78 is 2.32. The molecule has 3 heteroatoms. The van der Waals surface area contributed by atoms with Crippen molar-refractivity contribution >= 4 is 26.7 Å². The van der Waals surface area contributed by atoms with Crippen molar-refractivity contribution < 1.29 is 21.5 Å². The summed E-state index contributed by atoms with van der Waals surface area (Å²) in [4.78, 5) is 0. The predicted octanol–water partition coefficient (Wildman–Crippen LogP) is 8.67. The molecular formula is C43H45Br2N. The molecule has 0 amide bonds. The molecular weight excluding hydrogens is 690 g/mol. The lowest BCUT2D eigenvalue weighted by Crippen LogP contribution is -3.00. The van der Waals surface area contributed by atoms with E-state index in [-0.39, 0.29) is 17.0 Å². The number of nitrogens with zero attached hydrogens (tertiary/aromatic N) is 1. The number of pyridine rings is 1. The van der Waals surface area contributed by atoms with E-state index in [4.69, 9.17) is 0 Å². The minimum Gasteiger partial charge on any atom is -1.00 e. The zero-order valence-electron chi connectivity index (χ0n) is 26.7. The predicted molar refractivity (Wildman–Crippen MR) is 197 cm³/mol. The summed E-state index contributed by atoms with van der Waals surface area (Å²) in [5.41, 5.74) is 8.07. The summed E-state index contributed by atoms with van der Waals surface area (Å²) in [6.45, 7) is 1.10. The van der Waals surface area contributed by atoms with Crippen molar-refractivity contribution in [2.75, 3.05) is 5.33 Å². The van der Waals surface area contributed by atoms with Crippen molar-refractivity contribution in [2.45, 2.75) is 57.9 Å². The first kappa shape index (κ1) is 35.3. The van der Waals surface area contributed by atoms with Gasteiger partial charge in [-0.05, 0) is 83.4 Å². The molecule has 0 saturated heterocycles. The number of benzene rings is 5. The fourth-order valence-corrected chi connectivity index (χ4v) is 6.10. The highest BCUT2D eigenvalue weighted by Gasteiger charge is 2.03. The van der Waals surface area contributed by atoms with Crippen LogP contribution in [0.1, 0.15) is 49.7 Å². The molecule has 6 aromatic rings. The van der Waals surface area contributed by atoms with E-state index >= 15 is 0 Å². The minimum absolute atomic E-state index is 0. The summed E-state index contributed by atoms with van der Waals surface area (Å²) in [5, 5.41) is 3.76. The molecule has 0 radical (unpaired) electrons. The monoisotopic (exact) mass is 733 g/mol. The Kier molecular flexibility index (Phi) is 15.3. The normalized spacial score (nSPS) is 10.5. The Hall–Kier alpha value is -3.53. The highest BCUT2D eigenvalue weighted by molar-refractivity contribution is 9.09. The molecule has 0 bridgehead atoms. The van der Waals surface area contributed by atoms with Crippen LogP contribution in [0.4, 0.5) is 0 Å². The van der Waals surface area contributed by atoms with E-state index in [9.17, 15) is 0 Å². The summed E-state index contributed by atoms with van der Waals surface area (Å²) in [6.07, 6.45) is 14.4. The largest absolute Gasteiger partial charge is 1.00 e. The van der Waals surface area contributed by atoms with Crippen molar-refractivity contribution in [1.82, 2.24) is 0 Å². The van der Waals surface area contributed by atoms with Gasteiger partial charge in [0.1, 0.15) is 6.54 Å². The van der Waals surface area contributed by atoms with Crippen LogP contribution in [0.3, 0.4) is 0 Å². The minimum atomic E-state index is 0. The fourth-order valence-electron chi connectivity index (χ4n) is 5.71. The molecule has 0 N–H and O–H groups in total. The van der Waals surface area contributed by atoms with Crippen LogP contribution in [0, 0.1) is 0 Å². The molecule has 1 heterocycles. The molecule has 0 aliphatic heterocycles. The molecule has 5 aromatic carbocycles. The van der Waals surface area contributed by atoms with Crippen molar-refractivity contribution in [3.63, 3.8) is 0 Å². The fraction of sp³-hybridized carbons (Fsp3) is 0.233. The van der Waals surface area contributed by atoms with Crippen LogP contribution in [0.15, 0.2) is 152 Å². The number of fused-ring (bicyclic) bond motifs is 1. The van der Waals surface area contributed by atoms with E-state index in [1.807, 2.05) is 0 Å². The molecule has 6 rings (SSSR count). The van der Waals surface area contributed by atoms with Crippen LogP contribution in [-0.2, 0) is 19.4 Å². The Morgan fingerprint density at radius 3 is 1.39 bits per heavy atom. The number of unbranched alkanes of at least 4 members (excludes halogenated alkanes) is 4. The average Bonchev–Trinajstić information content (AvgIpc) is 3.11. The summed E-state index contributed by atoms with van der Waals surface area (Å²) in [7, 11) is 0. The van der Waals surface area contributed by atoms with Gasteiger partial charge in [0.15, 0.2) is 12.4 Å². The Bertz CT molecular complexity index is 1680. The Morgan fingerprint density at radius 1 is 0.413 bits per heavy atom. The number of hydrogen-bond acceptors (Lipinski definition) is 0. The van der Waals surface area contributed by atoms with E-state index < -0.39 is 0 Å². The second kappa shape index (κ2) is 19.9. The maximum atomic E-state index is 3.47. The van der Waals surface area contributed by atoms with Crippen LogP contribution < -0.4 is 21.5 Å². The van der Waals surface area contributed by atoms with Gasteiger partial charge in [-0.25, -0.2) is 4.57 Å². The topological polar surface area (TPSA) is 3.88 Å². The zero-order valence-corrected chi connectivity index (χ0v) is 29.9. The number of rotatable bonds is 13. The molecule has 0 fully saturated rings. The van der Waals surface area contributed by atoms with Gasteiger partial charge in [-0.2, -0.15) is 0 Å². The molecule has 46 heavy (non-hydrogen) atoms. The van der Waals surface area contributed by atoms with Crippen molar-refractivity contribution in [3.05, 3.63) is 163 Å². The van der Waals surface area contributed by atoms with Crippen molar-refractivity contribution in [3.8, 4) is 22.3 Å². The summed E-state index contributed by atoms with van der Waals surface area (Å²) in [6, 6.07) is 49.9. The highest BCUT2D eigenvalue weighted by Crippen LogP contribution is 2.21. The summed E-state index contributed by atoms with van der Waals surface area (Å²) in [5.74, 6) is 0. The van der Waals surface area contributed by atoms with E-state index in [0.29, 0.717) is 0 Å². The van der Waals surface area contributed by atoms with Gasteiger partial charge in [-0.3, -0.25) is 0 Å². The van der Waals surface area contributed by atoms with E-state index in [1.54, 1.807) is 0 Å². The average molecular weight is 736 g/mol. The number of aryl methyl sites for hydroxylation is 3. The Labute approximate surface area is 295 Å². The van der Waals surface area contributed by atoms with E-state index in [0.717, 1.165) is 18.3 Å². The van der Waals surface area contributed by atoms with E-state index in [1.165, 1.54) is 89.1 Å². The first-order chi connectivity index (χ1) is 22.3. The zero-order chi connectivity index (χ0) is 30.9. The molecule has 0 aliphatic rings. The van der Waals surface area contributed by atoms with Gasteiger partial charge in [0.05, 0.1) is 0 Å². The lowest BCUT2D eigenvalue weighted by atomic mass is 10.0. The Balaban J connectivity index is 0.000000221. The van der Waals surface area contributed by atoms with Gasteiger partial charge >= 0.3 is 0 Å². The third-order valence-corrected chi connectivity index (χ3v) is 8.91. The lowest BCUT2D eigenvalue weighted by molar-refractivity contribution is -0.696. The van der Waals surface area contributed by atoms with Gasteiger partial charge in [0.2, 0.25) is 0 Å². The summed E-state index contributed by atoms with van der Waals surface area (Å²) >= 11 is 3.47. The van der Waals surface area contributed by atoms with Gasteiger partial charge in [-0.15, -0.1) is 0 Å². The number of hydrogen-bond donors (Lipinski definition) is 0. The second-order valence-corrected chi connectivity index (χ2v) is 12.5. The number of alkyl halides is 1. The standard InChI is InChI=1S/C26H26N.C17H19Br.BrH/c1-4-10-23(11-5-1)25-16-14-22(15-17-25)9-3-2-8-19-27-20-18-24-12-6-7-13-26(24)21-27;18-14-6-2-3-7-15-10-12-17(13-11-15)16-8-4-1-5-9-16;/h1,4-7,10-18,20-21H,2-3,8-9,19H2;1,4-5,8-13H,2-3,6-7,14H2;1H/q+1;;/p-1. The maximum Gasteiger partial charge on any atom is 0.176 e. The van der Waals surface area contributed by atoms with Crippen molar-refractivity contribution in [1.29, 1.82) is 0 Å². The smallest absolute Gasteiger partial charge is 0.176 e. The third-order valence-electron chi connectivity index (χ3n) is 8.35. The molecule has 0 atom stereocenters. The van der Waals surface area contributed by atoms with Gasteiger partial charge in [0, 0.05) is 23.2 Å². The van der Waals surface area contributed by atoms with Crippen LogP contribution in [0.5, 0.6) is 0 Å². The van der Waals surface area contributed by atoms with Crippen LogP contribution in [-0.4, -0.2) is 5.33 Å². The molecule has 0 unspecified atom stereocenters. The lowest BCUT2D eigenvalue weighted by Gasteiger charge is -2.05. The highest BCUT2D eigenvalue weighted by atomic mass is 79.9. The van der Waals surface area contributed by atoms with Crippen LogP contribution >= 0.6 is 15.9 Å². The molecule has 1 nitrogen and oxygen atoms in total. The van der Waals surface area contributed by atoms with Gasteiger partial charge in [0.25, 0.3) is 0 Å². The molecule has 0 aliphatic carbocycles. The van der Waals surface area contributed by atoms with E-state index in [2.05, 4.69) is 172 Å². The maximum absolute atomic E-state index is 3.47. The third kappa shape index (κ3) is 11.4. The molecule has 0 saturated carbocycles. The molecule has 1 aromatic heterocycles. The van der Waals surface area contributed by atoms with Crippen LogP contribution in [0.25, 0.3) is 33.0 Å². The number of aromatic nitrogens is 1. The first-order valence-electron chi connectivity index (χ1n) is 16.5. The number of halogens is 2. The molecule has 0 spiro atoms. The second-order valence-electron chi connectivity index (χ2n) is 11.7.